The number of amides is 1. The van der Waals surface area contributed by atoms with Gasteiger partial charge in [-0.05, 0) is 24.3 Å². The Hall–Kier alpha value is -1.71. The molecule has 88 valence electrons. The second kappa shape index (κ2) is 6.00. The Balaban J connectivity index is 2.40. The lowest BCUT2D eigenvalue weighted by Gasteiger charge is -2.13. The molecule has 1 amide bonds. The van der Waals surface area contributed by atoms with Crippen molar-refractivity contribution in [3.8, 4) is 0 Å². The van der Waals surface area contributed by atoms with Gasteiger partial charge in [0.2, 0.25) is 5.91 Å². The van der Waals surface area contributed by atoms with Crippen LogP contribution in [0.4, 0.5) is 11.4 Å². The lowest BCUT2D eigenvalue weighted by atomic mass is 10.2. The van der Waals surface area contributed by atoms with Crippen molar-refractivity contribution in [1.29, 1.82) is 0 Å². The molecule has 4 heteroatoms. The minimum absolute atomic E-state index is 0.0532. The Labute approximate surface area is 96.6 Å². The summed E-state index contributed by atoms with van der Waals surface area (Å²) in [6, 6.07) is 8.11. The Morgan fingerprint density at radius 1 is 1.25 bits per heavy atom. The summed E-state index contributed by atoms with van der Waals surface area (Å²) in [4.78, 5) is 13.0. The largest absolute Gasteiger partial charge is 0.385 e. The van der Waals surface area contributed by atoms with E-state index in [2.05, 4.69) is 10.6 Å². The van der Waals surface area contributed by atoms with Crippen LogP contribution in [0.1, 0.15) is 6.42 Å². The second-order valence-corrected chi connectivity index (χ2v) is 3.79. The van der Waals surface area contributed by atoms with Crippen molar-refractivity contribution >= 4 is 17.3 Å². The minimum Gasteiger partial charge on any atom is -0.385 e. The summed E-state index contributed by atoms with van der Waals surface area (Å²) < 4.78 is 0. The summed E-state index contributed by atoms with van der Waals surface area (Å²) in [7, 11) is 5.66. The van der Waals surface area contributed by atoms with Crippen molar-refractivity contribution in [3.05, 3.63) is 24.3 Å². The first-order valence-corrected chi connectivity index (χ1v) is 5.35. The summed E-state index contributed by atoms with van der Waals surface area (Å²) in [6.45, 7) is 0.654. The highest BCUT2D eigenvalue weighted by molar-refractivity contribution is 5.76. The highest BCUT2D eigenvalue weighted by atomic mass is 16.1. The molecule has 0 aromatic heterocycles. The van der Waals surface area contributed by atoms with Crippen LogP contribution in [0.25, 0.3) is 0 Å². The topological polar surface area (TPSA) is 44.4 Å². The van der Waals surface area contributed by atoms with Gasteiger partial charge in [0.15, 0.2) is 0 Å². The molecule has 0 fully saturated rings. The summed E-state index contributed by atoms with van der Waals surface area (Å²) >= 11 is 0. The van der Waals surface area contributed by atoms with E-state index in [1.54, 1.807) is 7.05 Å². The van der Waals surface area contributed by atoms with Gasteiger partial charge in [0.25, 0.3) is 0 Å². The number of anilines is 2. The number of hydrogen-bond acceptors (Lipinski definition) is 3. The number of nitrogens with one attached hydrogen (secondary N) is 2. The van der Waals surface area contributed by atoms with E-state index in [0.717, 1.165) is 11.4 Å². The number of carbonyl (C=O) groups is 1. The van der Waals surface area contributed by atoms with Crippen LogP contribution in [0.15, 0.2) is 24.3 Å². The standard InChI is InChI=1S/C12H19N3O/c1-13-12(16)8-9-14-10-4-6-11(7-5-10)15(2)3/h4-7,14H,8-9H2,1-3H3,(H,13,16). The maximum absolute atomic E-state index is 11.0. The predicted molar refractivity (Wildman–Crippen MR) is 67.9 cm³/mol. The lowest BCUT2D eigenvalue weighted by Crippen LogP contribution is -2.20. The Kier molecular flexibility index (Phi) is 4.64. The quantitative estimate of drug-likeness (QED) is 0.787. The number of carbonyl (C=O) groups excluding carboxylic acids is 1. The summed E-state index contributed by atoms with van der Waals surface area (Å²) in [6.07, 6.45) is 0.492. The molecule has 0 heterocycles. The van der Waals surface area contributed by atoms with Gasteiger partial charge < -0.3 is 15.5 Å². The monoisotopic (exact) mass is 221 g/mol. The third-order valence-electron chi connectivity index (χ3n) is 2.34. The van der Waals surface area contributed by atoms with E-state index >= 15 is 0 Å². The van der Waals surface area contributed by atoms with E-state index in [-0.39, 0.29) is 5.91 Å². The molecule has 0 aliphatic carbocycles. The molecule has 0 atom stereocenters. The number of nitrogens with zero attached hydrogens (tertiary/aromatic N) is 1. The molecule has 0 spiro atoms. The SMILES string of the molecule is CNC(=O)CCNc1ccc(N(C)C)cc1. The molecule has 16 heavy (non-hydrogen) atoms. The maximum atomic E-state index is 11.0. The molecule has 2 N–H and O–H groups in total. The Morgan fingerprint density at radius 3 is 2.38 bits per heavy atom. The molecule has 4 nitrogen and oxygen atoms in total. The third-order valence-corrected chi connectivity index (χ3v) is 2.34. The number of hydrogen-bond donors (Lipinski definition) is 2. The van der Waals surface area contributed by atoms with Crippen LogP contribution in [-0.2, 0) is 4.79 Å². The van der Waals surface area contributed by atoms with Crippen LogP contribution in [0, 0.1) is 0 Å². The molecular weight excluding hydrogens is 202 g/mol. The van der Waals surface area contributed by atoms with Gasteiger partial charge in [0.05, 0.1) is 0 Å². The number of benzene rings is 1. The van der Waals surface area contributed by atoms with Gasteiger partial charge in [-0.15, -0.1) is 0 Å². The minimum atomic E-state index is 0.0532. The van der Waals surface area contributed by atoms with Crippen LogP contribution < -0.4 is 15.5 Å². The van der Waals surface area contributed by atoms with Crippen LogP contribution >= 0.6 is 0 Å². The van der Waals surface area contributed by atoms with Gasteiger partial charge in [-0.25, -0.2) is 0 Å². The van der Waals surface area contributed by atoms with E-state index in [4.69, 9.17) is 0 Å². The van der Waals surface area contributed by atoms with Crippen molar-refractivity contribution in [3.63, 3.8) is 0 Å². The molecule has 0 saturated carbocycles. The maximum Gasteiger partial charge on any atom is 0.221 e. The lowest BCUT2D eigenvalue weighted by molar-refractivity contribution is -0.120. The molecular formula is C12H19N3O. The zero-order valence-electron chi connectivity index (χ0n) is 10.1. The van der Waals surface area contributed by atoms with Gasteiger partial charge in [-0.1, -0.05) is 0 Å². The van der Waals surface area contributed by atoms with E-state index in [1.165, 1.54) is 0 Å². The van der Waals surface area contributed by atoms with Crippen LogP contribution in [-0.4, -0.2) is 33.6 Å². The predicted octanol–water partition coefficient (Wildman–Crippen LogP) is 1.30. The van der Waals surface area contributed by atoms with Crippen molar-refractivity contribution in [2.45, 2.75) is 6.42 Å². The molecule has 0 aliphatic rings. The van der Waals surface area contributed by atoms with Gasteiger partial charge in [-0.3, -0.25) is 4.79 Å². The molecule has 0 saturated heterocycles. The van der Waals surface area contributed by atoms with Crippen LogP contribution in [0.5, 0.6) is 0 Å². The average molecular weight is 221 g/mol. The molecule has 0 unspecified atom stereocenters. The van der Waals surface area contributed by atoms with E-state index in [9.17, 15) is 4.79 Å². The zero-order valence-corrected chi connectivity index (χ0v) is 10.1. The highest BCUT2D eigenvalue weighted by Crippen LogP contribution is 2.15. The van der Waals surface area contributed by atoms with Crippen LogP contribution in [0.3, 0.4) is 0 Å². The smallest absolute Gasteiger partial charge is 0.221 e. The van der Waals surface area contributed by atoms with Gasteiger partial charge in [-0.2, -0.15) is 0 Å². The van der Waals surface area contributed by atoms with E-state index in [1.807, 2.05) is 43.3 Å². The zero-order chi connectivity index (χ0) is 12.0. The second-order valence-electron chi connectivity index (χ2n) is 3.79. The first kappa shape index (κ1) is 12.4. The Morgan fingerprint density at radius 2 is 1.88 bits per heavy atom. The summed E-state index contributed by atoms with van der Waals surface area (Å²) in [5, 5.41) is 5.79. The molecule has 0 aliphatic heterocycles. The van der Waals surface area contributed by atoms with E-state index < -0.39 is 0 Å². The fraction of sp³-hybridized carbons (Fsp3) is 0.417. The van der Waals surface area contributed by atoms with Crippen molar-refractivity contribution in [2.24, 2.45) is 0 Å². The molecule has 0 radical (unpaired) electrons. The number of rotatable bonds is 5. The molecule has 1 rings (SSSR count). The van der Waals surface area contributed by atoms with Gasteiger partial charge in [0, 0.05) is 45.5 Å². The normalized spacial score (nSPS) is 9.69. The molecule has 1 aromatic rings. The fourth-order valence-electron chi connectivity index (χ4n) is 1.32. The first-order chi connectivity index (χ1) is 7.63. The third kappa shape index (κ3) is 3.81. The first-order valence-electron chi connectivity index (χ1n) is 5.35. The summed E-state index contributed by atoms with van der Waals surface area (Å²) in [5.41, 5.74) is 2.20. The van der Waals surface area contributed by atoms with Gasteiger partial charge >= 0.3 is 0 Å². The highest BCUT2D eigenvalue weighted by Gasteiger charge is 1.98. The molecule has 0 bridgehead atoms. The van der Waals surface area contributed by atoms with Crippen molar-refractivity contribution in [2.75, 3.05) is 37.9 Å². The van der Waals surface area contributed by atoms with E-state index in [0.29, 0.717) is 13.0 Å². The Bertz CT molecular complexity index is 333. The van der Waals surface area contributed by atoms with Crippen LogP contribution in [0.2, 0.25) is 0 Å². The summed E-state index contributed by atoms with van der Waals surface area (Å²) in [5.74, 6) is 0.0532. The average Bonchev–Trinajstić information content (AvgIpc) is 2.29. The van der Waals surface area contributed by atoms with Crippen molar-refractivity contribution < 1.29 is 4.79 Å². The fourth-order valence-corrected chi connectivity index (χ4v) is 1.32. The molecule has 1 aromatic carbocycles. The van der Waals surface area contributed by atoms with Gasteiger partial charge in [0.1, 0.15) is 0 Å². The van der Waals surface area contributed by atoms with Crippen molar-refractivity contribution in [1.82, 2.24) is 5.32 Å².